The molecule has 0 aliphatic rings. The van der Waals surface area contributed by atoms with Crippen molar-refractivity contribution in [1.29, 1.82) is 0 Å². The van der Waals surface area contributed by atoms with Crippen molar-refractivity contribution < 1.29 is 4.74 Å². The van der Waals surface area contributed by atoms with Crippen LogP contribution in [0, 0.1) is 0 Å². The molecule has 5 heteroatoms. The summed E-state index contributed by atoms with van der Waals surface area (Å²) in [6.07, 6.45) is 1.80. The highest BCUT2D eigenvalue weighted by atomic mass is 79.9. The van der Waals surface area contributed by atoms with E-state index >= 15 is 0 Å². The number of nitrogens with zero attached hydrogens (tertiary/aromatic N) is 1. The summed E-state index contributed by atoms with van der Waals surface area (Å²) in [7, 11) is 1.69. The monoisotopic (exact) mass is 301 g/mol. The number of ether oxygens (including phenoxy) is 1. The maximum Gasteiger partial charge on any atom is 0.130 e. The maximum atomic E-state index is 5.01. The number of rotatable bonds is 7. The van der Waals surface area contributed by atoms with Gasteiger partial charge in [0.2, 0.25) is 0 Å². The van der Waals surface area contributed by atoms with Gasteiger partial charge in [-0.25, -0.2) is 4.98 Å². The van der Waals surface area contributed by atoms with Gasteiger partial charge in [-0.05, 0) is 22.0 Å². The molecule has 0 radical (unpaired) electrons. The molecule has 1 heterocycles. The quantitative estimate of drug-likeness (QED) is 0.759. The maximum absolute atomic E-state index is 5.01. The van der Waals surface area contributed by atoms with Crippen molar-refractivity contribution in [3.05, 3.63) is 22.3 Å². The molecule has 1 aromatic heterocycles. The molecule has 0 aliphatic heterocycles. The van der Waals surface area contributed by atoms with Crippen molar-refractivity contribution >= 4 is 21.7 Å². The Balaban J connectivity index is 2.66. The second-order valence-electron chi connectivity index (χ2n) is 4.12. The third-order valence-electron chi connectivity index (χ3n) is 2.23. The Hall–Kier alpha value is -0.650. The largest absolute Gasteiger partial charge is 0.383 e. The fourth-order valence-corrected chi connectivity index (χ4v) is 1.74. The van der Waals surface area contributed by atoms with E-state index in [1.54, 1.807) is 13.3 Å². The lowest BCUT2D eigenvalue weighted by Crippen LogP contribution is -2.23. The number of hydrogen-bond donors (Lipinski definition) is 2. The van der Waals surface area contributed by atoms with Gasteiger partial charge in [-0.3, -0.25) is 0 Å². The van der Waals surface area contributed by atoms with E-state index in [1.165, 1.54) is 0 Å². The highest BCUT2D eigenvalue weighted by molar-refractivity contribution is 9.10. The standard InChI is InChI=1S/C12H20BrN3O/c1-9(2)15-7-10-6-11(13)8-16-12(10)14-4-5-17-3/h6,8-9,15H,4-5,7H2,1-3H3,(H,14,16). The van der Waals surface area contributed by atoms with E-state index in [2.05, 4.69) is 51.5 Å². The van der Waals surface area contributed by atoms with E-state index in [0.717, 1.165) is 28.9 Å². The summed E-state index contributed by atoms with van der Waals surface area (Å²) in [6.45, 7) is 6.50. The van der Waals surface area contributed by atoms with Crippen molar-refractivity contribution in [3.8, 4) is 0 Å². The van der Waals surface area contributed by atoms with E-state index in [0.29, 0.717) is 12.6 Å². The van der Waals surface area contributed by atoms with Crippen molar-refractivity contribution in [2.24, 2.45) is 0 Å². The van der Waals surface area contributed by atoms with Crippen LogP contribution < -0.4 is 10.6 Å². The molecule has 0 saturated heterocycles. The van der Waals surface area contributed by atoms with Crippen LogP contribution in [0.3, 0.4) is 0 Å². The van der Waals surface area contributed by atoms with Crippen LogP contribution in [-0.2, 0) is 11.3 Å². The molecule has 0 saturated carbocycles. The zero-order chi connectivity index (χ0) is 12.7. The van der Waals surface area contributed by atoms with E-state index < -0.39 is 0 Å². The number of methoxy groups -OCH3 is 1. The van der Waals surface area contributed by atoms with Gasteiger partial charge in [0.1, 0.15) is 5.82 Å². The summed E-state index contributed by atoms with van der Waals surface area (Å²) in [5.74, 6) is 0.915. The first-order chi connectivity index (χ1) is 8.13. The van der Waals surface area contributed by atoms with Gasteiger partial charge in [-0.1, -0.05) is 13.8 Å². The number of pyridine rings is 1. The Morgan fingerprint density at radius 1 is 1.47 bits per heavy atom. The average Bonchev–Trinajstić information content (AvgIpc) is 2.29. The number of halogens is 1. The van der Waals surface area contributed by atoms with Gasteiger partial charge in [0.15, 0.2) is 0 Å². The molecule has 0 aliphatic carbocycles. The number of hydrogen-bond acceptors (Lipinski definition) is 4. The summed E-state index contributed by atoms with van der Waals surface area (Å²) in [5.41, 5.74) is 1.16. The molecular weight excluding hydrogens is 282 g/mol. The first-order valence-corrected chi connectivity index (χ1v) is 6.53. The molecule has 0 aromatic carbocycles. The predicted octanol–water partition coefficient (Wildman–Crippen LogP) is 2.40. The first kappa shape index (κ1) is 14.4. The van der Waals surface area contributed by atoms with Crippen molar-refractivity contribution in [2.75, 3.05) is 25.6 Å². The minimum Gasteiger partial charge on any atom is -0.383 e. The summed E-state index contributed by atoms with van der Waals surface area (Å²) in [5, 5.41) is 6.66. The molecule has 0 amide bonds. The molecule has 4 nitrogen and oxygen atoms in total. The van der Waals surface area contributed by atoms with E-state index in [9.17, 15) is 0 Å². The van der Waals surface area contributed by atoms with Gasteiger partial charge in [0.05, 0.1) is 6.61 Å². The SMILES string of the molecule is COCCNc1ncc(Br)cc1CNC(C)C. The number of anilines is 1. The Labute approximate surface area is 111 Å². The molecule has 2 N–H and O–H groups in total. The molecule has 0 spiro atoms. The van der Waals surface area contributed by atoms with Crippen LogP contribution in [-0.4, -0.2) is 31.3 Å². The molecule has 0 atom stereocenters. The topological polar surface area (TPSA) is 46.2 Å². The molecule has 0 fully saturated rings. The Morgan fingerprint density at radius 2 is 2.24 bits per heavy atom. The third kappa shape index (κ3) is 5.48. The van der Waals surface area contributed by atoms with Crippen LogP contribution >= 0.6 is 15.9 Å². The molecule has 0 bridgehead atoms. The van der Waals surface area contributed by atoms with Gasteiger partial charge >= 0.3 is 0 Å². The van der Waals surface area contributed by atoms with Crippen LogP contribution in [0.1, 0.15) is 19.4 Å². The summed E-state index contributed by atoms with van der Waals surface area (Å²) in [4.78, 5) is 4.37. The van der Waals surface area contributed by atoms with Crippen LogP contribution in [0.25, 0.3) is 0 Å². The normalized spacial score (nSPS) is 10.9. The van der Waals surface area contributed by atoms with E-state index in [-0.39, 0.29) is 0 Å². The Kier molecular flexibility index (Phi) is 6.47. The van der Waals surface area contributed by atoms with Crippen LogP contribution in [0.4, 0.5) is 5.82 Å². The lowest BCUT2D eigenvalue weighted by molar-refractivity contribution is 0.210. The minimum atomic E-state index is 0.459. The van der Waals surface area contributed by atoms with E-state index in [1.807, 2.05) is 0 Å². The molecule has 0 unspecified atom stereocenters. The second-order valence-corrected chi connectivity index (χ2v) is 5.03. The zero-order valence-corrected chi connectivity index (χ0v) is 12.2. The highest BCUT2D eigenvalue weighted by Crippen LogP contribution is 2.17. The van der Waals surface area contributed by atoms with E-state index in [4.69, 9.17) is 4.74 Å². The third-order valence-corrected chi connectivity index (χ3v) is 2.67. The minimum absolute atomic E-state index is 0.459. The first-order valence-electron chi connectivity index (χ1n) is 5.74. The number of nitrogens with one attached hydrogen (secondary N) is 2. The second kappa shape index (κ2) is 7.63. The highest BCUT2D eigenvalue weighted by Gasteiger charge is 2.05. The van der Waals surface area contributed by atoms with Gasteiger partial charge in [-0.2, -0.15) is 0 Å². The summed E-state index contributed by atoms with van der Waals surface area (Å²) in [6, 6.07) is 2.54. The smallest absolute Gasteiger partial charge is 0.130 e. The van der Waals surface area contributed by atoms with Crippen molar-refractivity contribution in [3.63, 3.8) is 0 Å². The summed E-state index contributed by atoms with van der Waals surface area (Å²) < 4.78 is 6.01. The molecule has 1 rings (SSSR count). The number of aromatic nitrogens is 1. The molecule has 1 aromatic rings. The Bertz CT molecular complexity index is 345. The van der Waals surface area contributed by atoms with Gasteiger partial charge in [0, 0.05) is 42.5 Å². The fourth-order valence-electron chi connectivity index (χ4n) is 1.36. The molecule has 17 heavy (non-hydrogen) atoms. The lowest BCUT2D eigenvalue weighted by Gasteiger charge is -2.13. The summed E-state index contributed by atoms with van der Waals surface area (Å²) >= 11 is 3.44. The van der Waals surface area contributed by atoms with Gasteiger partial charge in [0.25, 0.3) is 0 Å². The van der Waals surface area contributed by atoms with Crippen LogP contribution in [0.15, 0.2) is 16.7 Å². The lowest BCUT2D eigenvalue weighted by atomic mass is 10.2. The van der Waals surface area contributed by atoms with Crippen molar-refractivity contribution in [1.82, 2.24) is 10.3 Å². The fraction of sp³-hybridized carbons (Fsp3) is 0.583. The van der Waals surface area contributed by atoms with Crippen LogP contribution in [0.2, 0.25) is 0 Å². The predicted molar refractivity (Wildman–Crippen MR) is 74.3 cm³/mol. The Morgan fingerprint density at radius 3 is 2.88 bits per heavy atom. The average molecular weight is 302 g/mol. The molecule has 96 valence electrons. The van der Waals surface area contributed by atoms with Gasteiger partial charge in [-0.15, -0.1) is 0 Å². The van der Waals surface area contributed by atoms with Crippen LogP contribution in [0.5, 0.6) is 0 Å². The molecular formula is C12H20BrN3O. The van der Waals surface area contributed by atoms with Crippen molar-refractivity contribution in [2.45, 2.75) is 26.4 Å². The zero-order valence-electron chi connectivity index (χ0n) is 10.6. The van der Waals surface area contributed by atoms with Gasteiger partial charge < -0.3 is 15.4 Å².